The van der Waals surface area contributed by atoms with Crippen molar-refractivity contribution in [3.05, 3.63) is 29.6 Å². The normalized spacial score (nSPS) is 15.8. The molecule has 2 rings (SSSR count). The van der Waals surface area contributed by atoms with Crippen LogP contribution in [-0.4, -0.2) is 42.1 Å². The summed E-state index contributed by atoms with van der Waals surface area (Å²) in [7, 11) is 1.51. The average Bonchev–Trinajstić information content (AvgIpc) is 2.56. The van der Waals surface area contributed by atoms with Crippen LogP contribution in [0.25, 0.3) is 0 Å². The van der Waals surface area contributed by atoms with E-state index >= 15 is 0 Å². The number of amidine groups is 1. The highest BCUT2D eigenvalue weighted by Gasteiger charge is 2.24. The molecule has 1 aromatic rings. The summed E-state index contributed by atoms with van der Waals surface area (Å²) in [6, 6.07) is 4.66. The number of thiocarbonyl (C=S) groups is 1. The van der Waals surface area contributed by atoms with E-state index in [1.165, 1.54) is 13.2 Å². The Bertz CT molecular complexity index is 669. The first-order valence-electron chi connectivity index (χ1n) is 8.12. The van der Waals surface area contributed by atoms with Crippen molar-refractivity contribution in [3.63, 3.8) is 0 Å². The Morgan fingerprint density at radius 3 is 2.72 bits per heavy atom. The Kier molecular flexibility index (Phi) is 6.69. The quantitative estimate of drug-likeness (QED) is 0.489. The molecule has 0 aromatic heterocycles. The first kappa shape index (κ1) is 19.1. The molecule has 0 atom stereocenters. The monoisotopic (exact) mass is 366 g/mol. The van der Waals surface area contributed by atoms with Crippen LogP contribution in [0.15, 0.2) is 23.2 Å². The molecule has 2 amide bonds. The van der Waals surface area contributed by atoms with Crippen LogP contribution in [0.2, 0.25) is 0 Å². The molecule has 0 aliphatic carbocycles. The van der Waals surface area contributed by atoms with Crippen LogP contribution < -0.4 is 15.8 Å². The SMILES string of the molecule is COc1ccc(CC2CCN(C(=O)NC(=S)/N=C(/C)N)CC2)c(F)c1. The Morgan fingerprint density at radius 1 is 1.48 bits per heavy atom. The van der Waals surface area contributed by atoms with Crippen LogP contribution in [0.1, 0.15) is 25.3 Å². The van der Waals surface area contributed by atoms with Gasteiger partial charge in [0.05, 0.1) is 12.9 Å². The average molecular weight is 366 g/mol. The number of hydrogen-bond donors (Lipinski definition) is 2. The van der Waals surface area contributed by atoms with Gasteiger partial charge in [0, 0.05) is 19.2 Å². The molecule has 1 aliphatic rings. The lowest BCUT2D eigenvalue weighted by atomic mass is 9.90. The van der Waals surface area contributed by atoms with Gasteiger partial charge < -0.3 is 15.4 Å². The summed E-state index contributed by atoms with van der Waals surface area (Å²) in [6.07, 6.45) is 2.27. The lowest BCUT2D eigenvalue weighted by Gasteiger charge is -2.32. The van der Waals surface area contributed by atoms with Gasteiger partial charge in [-0.1, -0.05) is 6.07 Å². The van der Waals surface area contributed by atoms with Gasteiger partial charge in [-0.3, -0.25) is 5.32 Å². The van der Waals surface area contributed by atoms with Crippen LogP contribution in [-0.2, 0) is 6.42 Å². The first-order chi connectivity index (χ1) is 11.9. The lowest BCUT2D eigenvalue weighted by Crippen LogP contribution is -2.46. The molecular weight excluding hydrogens is 343 g/mol. The number of nitrogens with zero attached hydrogens (tertiary/aromatic N) is 2. The highest BCUT2D eigenvalue weighted by atomic mass is 32.1. The number of likely N-dealkylation sites (tertiary alicyclic amines) is 1. The van der Waals surface area contributed by atoms with E-state index in [1.54, 1.807) is 24.0 Å². The Balaban J connectivity index is 1.84. The predicted octanol–water partition coefficient (Wildman–Crippen LogP) is 2.46. The highest BCUT2D eigenvalue weighted by Crippen LogP contribution is 2.25. The van der Waals surface area contributed by atoms with Gasteiger partial charge in [-0.2, -0.15) is 0 Å². The summed E-state index contributed by atoms with van der Waals surface area (Å²) in [5.41, 5.74) is 6.11. The fourth-order valence-electron chi connectivity index (χ4n) is 2.83. The highest BCUT2D eigenvalue weighted by molar-refractivity contribution is 7.80. The number of halogens is 1. The number of ether oxygens (including phenoxy) is 1. The smallest absolute Gasteiger partial charge is 0.323 e. The van der Waals surface area contributed by atoms with Gasteiger partial charge in [-0.05, 0) is 56.0 Å². The Labute approximate surface area is 152 Å². The third-order valence-electron chi connectivity index (χ3n) is 4.16. The molecule has 0 saturated carbocycles. The van der Waals surface area contributed by atoms with Crippen molar-refractivity contribution in [1.82, 2.24) is 10.2 Å². The van der Waals surface area contributed by atoms with E-state index in [0.29, 0.717) is 42.6 Å². The molecule has 0 bridgehead atoms. The van der Waals surface area contributed by atoms with Crippen LogP contribution >= 0.6 is 12.2 Å². The summed E-state index contributed by atoms with van der Waals surface area (Å²) >= 11 is 4.94. The number of nitrogens with two attached hydrogens (primary N) is 1. The number of benzene rings is 1. The second-order valence-electron chi connectivity index (χ2n) is 6.08. The maximum Gasteiger partial charge on any atom is 0.323 e. The standard InChI is InChI=1S/C17H23FN4O2S/c1-11(19)20-16(25)21-17(23)22-7-5-12(6-8-22)9-13-3-4-14(24-2)10-15(13)18/h3-4,10,12H,5-9H2,1-2H3,(H3,19,20,21,23,25). The number of carbonyl (C=O) groups excluding carboxylic acids is 1. The number of urea groups is 1. The van der Waals surface area contributed by atoms with Crippen LogP contribution in [0.4, 0.5) is 9.18 Å². The minimum Gasteiger partial charge on any atom is -0.497 e. The number of carbonyl (C=O) groups is 1. The molecule has 136 valence electrons. The number of methoxy groups -OCH3 is 1. The van der Waals surface area contributed by atoms with E-state index in [4.69, 9.17) is 22.7 Å². The third-order valence-corrected chi connectivity index (χ3v) is 4.36. The van der Waals surface area contributed by atoms with Crippen LogP contribution in [0.3, 0.4) is 0 Å². The number of nitrogens with one attached hydrogen (secondary N) is 1. The first-order valence-corrected chi connectivity index (χ1v) is 8.53. The van der Waals surface area contributed by atoms with Crippen LogP contribution in [0, 0.1) is 11.7 Å². The molecule has 8 heteroatoms. The van der Waals surface area contributed by atoms with Gasteiger partial charge in [0.1, 0.15) is 11.6 Å². The van der Waals surface area contributed by atoms with E-state index < -0.39 is 0 Å². The summed E-state index contributed by atoms with van der Waals surface area (Å²) < 4.78 is 19.1. The zero-order chi connectivity index (χ0) is 18.4. The number of amides is 2. The number of piperidine rings is 1. The topological polar surface area (TPSA) is 80.0 Å². The molecule has 0 radical (unpaired) electrons. The Morgan fingerprint density at radius 2 is 2.16 bits per heavy atom. The number of rotatable bonds is 3. The van der Waals surface area contributed by atoms with E-state index in [1.807, 2.05) is 0 Å². The van der Waals surface area contributed by atoms with Crippen molar-refractivity contribution < 1.29 is 13.9 Å². The van der Waals surface area contributed by atoms with Crippen molar-refractivity contribution in [2.24, 2.45) is 16.6 Å². The number of aliphatic imine (C=N–C) groups is 1. The molecule has 0 unspecified atom stereocenters. The fourth-order valence-corrected chi connectivity index (χ4v) is 3.06. The maximum atomic E-state index is 14.1. The second kappa shape index (κ2) is 8.75. The maximum absolute atomic E-state index is 14.1. The minimum atomic E-state index is -0.274. The van der Waals surface area contributed by atoms with E-state index in [0.717, 1.165) is 12.8 Å². The largest absolute Gasteiger partial charge is 0.497 e. The van der Waals surface area contributed by atoms with Gasteiger partial charge in [0.15, 0.2) is 0 Å². The van der Waals surface area contributed by atoms with Crippen molar-refractivity contribution >= 4 is 29.2 Å². The molecule has 6 nitrogen and oxygen atoms in total. The van der Waals surface area contributed by atoms with E-state index in [2.05, 4.69) is 10.3 Å². The molecule has 1 saturated heterocycles. The molecule has 1 aromatic carbocycles. The third kappa shape index (κ3) is 5.67. The van der Waals surface area contributed by atoms with Crippen molar-refractivity contribution in [1.29, 1.82) is 0 Å². The summed E-state index contributed by atoms with van der Waals surface area (Å²) in [5.74, 6) is 0.896. The molecule has 25 heavy (non-hydrogen) atoms. The molecule has 1 heterocycles. The van der Waals surface area contributed by atoms with Gasteiger partial charge >= 0.3 is 6.03 Å². The molecule has 1 aliphatic heterocycles. The summed E-state index contributed by atoms with van der Waals surface area (Å²) in [5, 5.41) is 2.61. The summed E-state index contributed by atoms with van der Waals surface area (Å²) in [4.78, 5) is 17.6. The zero-order valence-corrected chi connectivity index (χ0v) is 15.2. The van der Waals surface area contributed by atoms with E-state index in [-0.39, 0.29) is 17.0 Å². The molecule has 0 spiro atoms. The van der Waals surface area contributed by atoms with Gasteiger partial charge in [0.25, 0.3) is 0 Å². The van der Waals surface area contributed by atoms with Gasteiger partial charge in [-0.15, -0.1) is 0 Å². The molecule has 1 fully saturated rings. The lowest BCUT2D eigenvalue weighted by molar-refractivity contribution is 0.174. The van der Waals surface area contributed by atoms with Crippen molar-refractivity contribution in [2.75, 3.05) is 20.2 Å². The second-order valence-corrected chi connectivity index (χ2v) is 6.47. The van der Waals surface area contributed by atoms with Gasteiger partial charge in [0.2, 0.25) is 5.11 Å². The zero-order valence-electron chi connectivity index (χ0n) is 14.4. The molecular formula is C17H23FN4O2S. The van der Waals surface area contributed by atoms with Crippen LogP contribution in [0.5, 0.6) is 5.75 Å². The van der Waals surface area contributed by atoms with Crippen molar-refractivity contribution in [2.45, 2.75) is 26.2 Å². The molecule has 3 N–H and O–H groups in total. The number of hydrogen-bond acceptors (Lipinski definition) is 3. The fraction of sp³-hybridized carbons (Fsp3) is 0.471. The van der Waals surface area contributed by atoms with Gasteiger partial charge in [-0.25, -0.2) is 14.2 Å². The predicted molar refractivity (Wildman–Crippen MR) is 99.4 cm³/mol. The minimum absolute atomic E-state index is 0.0624. The summed E-state index contributed by atoms with van der Waals surface area (Å²) in [6.45, 7) is 2.80. The van der Waals surface area contributed by atoms with E-state index in [9.17, 15) is 9.18 Å². The Hall–Kier alpha value is -2.22. The van der Waals surface area contributed by atoms with Crippen molar-refractivity contribution in [3.8, 4) is 5.75 Å².